The number of aromatic hydroxyl groups is 1. The van der Waals surface area contributed by atoms with E-state index in [4.69, 9.17) is 8.83 Å². The molecule has 0 atom stereocenters. The highest BCUT2D eigenvalue weighted by Gasteiger charge is 2.26. The lowest BCUT2D eigenvalue weighted by molar-refractivity contribution is 0.484. The smallest absolute Gasteiger partial charge is 0.360 e. The van der Waals surface area contributed by atoms with E-state index in [1.54, 1.807) is 12.5 Å². The predicted molar refractivity (Wildman–Crippen MR) is 86.2 cm³/mol. The topological polar surface area (TPSA) is 44.7 Å². The van der Waals surface area contributed by atoms with Crippen molar-refractivity contribution in [3.63, 3.8) is 0 Å². The number of hydrogen-bond donors (Lipinski definition) is 1. The minimum Gasteiger partial charge on any atom is -0.507 e. The SMILES string of the molecule is Oc1c2c3ccccc3occ-2c2c[o+]c3ccccc3c12. The Labute approximate surface area is 125 Å². The first-order chi connectivity index (χ1) is 10.8. The second-order valence-corrected chi connectivity index (χ2v) is 5.39. The van der Waals surface area contributed by atoms with E-state index in [1.165, 1.54) is 0 Å². The lowest BCUT2D eigenvalue weighted by Gasteiger charge is -2.04. The summed E-state index contributed by atoms with van der Waals surface area (Å²) in [6, 6.07) is 15.4. The van der Waals surface area contributed by atoms with Gasteiger partial charge in [0.05, 0.1) is 16.2 Å². The van der Waals surface area contributed by atoms with Crippen LogP contribution >= 0.6 is 0 Å². The van der Waals surface area contributed by atoms with Gasteiger partial charge in [0, 0.05) is 22.6 Å². The van der Waals surface area contributed by atoms with Crippen LogP contribution < -0.4 is 0 Å². The van der Waals surface area contributed by atoms with Gasteiger partial charge in [0.1, 0.15) is 17.6 Å². The maximum Gasteiger partial charge on any atom is 0.360 e. The highest BCUT2D eigenvalue weighted by atomic mass is 16.3. The van der Waals surface area contributed by atoms with Crippen molar-refractivity contribution in [3.8, 4) is 16.9 Å². The van der Waals surface area contributed by atoms with Crippen molar-refractivity contribution in [1.82, 2.24) is 0 Å². The zero-order valence-electron chi connectivity index (χ0n) is 11.5. The largest absolute Gasteiger partial charge is 0.507 e. The van der Waals surface area contributed by atoms with Crippen molar-refractivity contribution in [2.45, 2.75) is 0 Å². The van der Waals surface area contributed by atoms with Gasteiger partial charge >= 0.3 is 11.8 Å². The first kappa shape index (κ1) is 11.6. The lowest BCUT2D eigenvalue weighted by atomic mass is 10.1. The molecule has 0 amide bonds. The number of fused-ring (bicyclic) bond motifs is 7. The van der Waals surface area contributed by atoms with Gasteiger partial charge in [-0.15, -0.1) is 0 Å². The fourth-order valence-corrected chi connectivity index (χ4v) is 3.24. The molecule has 2 aliphatic rings. The molecular formula is C19H11O3+. The fraction of sp³-hybridized carbons (Fsp3) is 0. The van der Waals surface area contributed by atoms with E-state index >= 15 is 0 Å². The molecule has 0 fully saturated rings. The normalized spacial score (nSPS) is 11.8. The molecular weight excluding hydrogens is 276 g/mol. The van der Waals surface area contributed by atoms with Gasteiger partial charge in [-0.05, 0) is 12.1 Å². The van der Waals surface area contributed by atoms with Gasteiger partial charge in [-0.1, -0.05) is 30.3 Å². The second kappa shape index (κ2) is 3.98. The highest BCUT2D eigenvalue weighted by Crippen LogP contribution is 2.49. The first-order valence-corrected chi connectivity index (χ1v) is 7.09. The maximum absolute atomic E-state index is 10.9. The molecule has 0 saturated heterocycles. The van der Waals surface area contributed by atoms with E-state index in [-0.39, 0.29) is 5.75 Å². The van der Waals surface area contributed by atoms with Gasteiger partial charge in [0.25, 0.3) is 0 Å². The molecule has 3 nitrogen and oxygen atoms in total. The van der Waals surface area contributed by atoms with Gasteiger partial charge in [0.15, 0.2) is 0 Å². The van der Waals surface area contributed by atoms with Crippen LogP contribution in [0.25, 0.3) is 43.8 Å². The third-order valence-electron chi connectivity index (χ3n) is 4.22. The number of hydrogen-bond acceptors (Lipinski definition) is 2. The lowest BCUT2D eigenvalue weighted by Crippen LogP contribution is -1.79. The Hall–Kier alpha value is -3.07. The number of benzene rings is 2. The summed E-state index contributed by atoms with van der Waals surface area (Å²) in [5.41, 5.74) is 3.17. The molecule has 104 valence electrons. The van der Waals surface area contributed by atoms with E-state index in [0.717, 1.165) is 43.8 Å². The van der Waals surface area contributed by atoms with Crippen LogP contribution in [0.4, 0.5) is 0 Å². The molecule has 0 unspecified atom stereocenters. The molecule has 3 aromatic rings. The Bertz CT molecular complexity index is 1130. The minimum atomic E-state index is 0.281. The Morgan fingerprint density at radius 2 is 1.64 bits per heavy atom. The molecule has 2 aromatic carbocycles. The zero-order chi connectivity index (χ0) is 14.7. The van der Waals surface area contributed by atoms with Crippen molar-refractivity contribution in [2.75, 3.05) is 0 Å². The first-order valence-electron chi connectivity index (χ1n) is 7.09. The average Bonchev–Trinajstić information content (AvgIpc) is 2.88. The molecule has 2 heterocycles. The van der Waals surface area contributed by atoms with Crippen LogP contribution in [0.15, 0.2) is 69.9 Å². The minimum absolute atomic E-state index is 0.281. The van der Waals surface area contributed by atoms with Crippen LogP contribution in [0.5, 0.6) is 5.75 Å². The van der Waals surface area contributed by atoms with Crippen LogP contribution in [0.1, 0.15) is 0 Å². The van der Waals surface area contributed by atoms with Gasteiger partial charge in [-0.25, -0.2) is 4.42 Å². The van der Waals surface area contributed by atoms with Crippen molar-refractivity contribution in [1.29, 1.82) is 0 Å². The van der Waals surface area contributed by atoms with E-state index in [0.29, 0.717) is 0 Å². The van der Waals surface area contributed by atoms with Crippen LogP contribution in [0.2, 0.25) is 0 Å². The van der Waals surface area contributed by atoms with E-state index in [2.05, 4.69) is 0 Å². The maximum atomic E-state index is 10.9. The van der Waals surface area contributed by atoms with E-state index in [1.807, 2.05) is 48.5 Å². The van der Waals surface area contributed by atoms with Crippen LogP contribution in [-0.4, -0.2) is 5.11 Å². The molecule has 0 spiro atoms. The zero-order valence-corrected chi connectivity index (χ0v) is 11.5. The summed E-state index contributed by atoms with van der Waals surface area (Å²) in [4.78, 5) is 0. The number of rotatable bonds is 0. The highest BCUT2D eigenvalue weighted by molar-refractivity contribution is 6.21. The monoisotopic (exact) mass is 287 g/mol. The summed E-state index contributed by atoms with van der Waals surface area (Å²) >= 11 is 0. The Morgan fingerprint density at radius 3 is 2.55 bits per heavy atom. The Balaban J connectivity index is 2.12. The van der Waals surface area contributed by atoms with Crippen molar-refractivity contribution >= 4 is 32.7 Å². The van der Waals surface area contributed by atoms with Crippen LogP contribution in [-0.2, 0) is 0 Å². The third kappa shape index (κ3) is 1.33. The quantitative estimate of drug-likeness (QED) is 0.386. The number of para-hydroxylation sites is 2. The molecule has 3 heteroatoms. The summed E-state index contributed by atoms with van der Waals surface area (Å²) in [6.45, 7) is 0. The molecule has 1 aromatic heterocycles. The molecule has 0 radical (unpaired) electrons. The molecule has 0 saturated carbocycles. The molecule has 1 aliphatic carbocycles. The summed E-state index contributed by atoms with van der Waals surface area (Å²) in [6.07, 6.45) is 3.37. The Morgan fingerprint density at radius 1 is 0.864 bits per heavy atom. The molecule has 1 N–H and O–H groups in total. The summed E-state index contributed by atoms with van der Waals surface area (Å²) in [5.74, 6) is 0.281. The molecule has 5 rings (SSSR count). The van der Waals surface area contributed by atoms with E-state index < -0.39 is 0 Å². The van der Waals surface area contributed by atoms with Gasteiger partial charge in [-0.2, -0.15) is 0 Å². The molecule has 1 aliphatic heterocycles. The third-order valence-corrected chi connectivity index (χ3v) is 4.22. The summed E-state index contributed by atoms with van der Waals surface area (Å²) in [5, 5.41) is 14.3. The van der Waals surface area contributed by atoms with Gasteiger partial charge < -0.3 is 9.52 Å². The van der Waals surface area contributed by atoms with Crippen LogP contribution in [0, 0.1) is 0 Å². The predicted octanol–water partition coefficient (Wildman–Crippen LogP) is 5.42. The fourth-order valence-electron chi connectivity index (χ4n) is 3.24. The molecule has 22 heavy (non-hydrogen) atoms. The van der Waals surface area contributed by atoms with Crippen molar-refractivity contribution in [3.05, 3.63) is 61.1 Å². The Kier molecular flexibility index (Phi) is 2.09. The standard InChI is InChI=1S/C19H10O3/c20-19-17-11-5-1-3-7-15(11)21-9-13(17)14-10-22-16-8-4-2-6-12(16)18(14)19/h1-10H/p+1. The van der Waals surface area contributed by atoms with E-state index in [9.17, 15) is 5.11 Å². The summed E-state index contributed by atoms with van der Waals surface area (Å²) in [7, 11) is 0. The molecule has 0 bridgehead atoms. The summed E-state index contributed by atoms with van der Waals surface area (Å²) < 4.78 is 11.4. The van der Waals surface area contributed by atoms with Crippen molar-refractivity contribution in [2.24, 2.45) is 0 Å². The van der Waals surface area contributed by atoms with Gasteiger partial charge in [-0.3, -0.25) is 0 Å². The second-order valence-electron chi connectivity index (χ2n) is 5.39. The van der Waals surface area contributed by atoms with Gasteiger partial charge in [0.2, 0.25) is 0 Å². The average molecular weight is 287 g/mol. The van der Waals surface area contributed by atoms with Crippen molar-refractivity contribution < 1.29 is 13.9 Å². The van der Waals surface area contributed by atoms with Crippen LogP contribution in [0.3, 0.4) is 0 Å².